The molecule has 1 aromatic heterocycles. The predicted molar refractivity (Wildman–Crippen MR) is 83.9 cm³/mol. The van der Waals surface area contributed by atoms with Gasteiger partial charge in [-0.1, -0.05) is 19.8 Å². The zero-order valence-corrected chi connectivity index (χ0v) is 13.8. The summed E-state index contributed by atoms with van der Waals surface area (Å²) in [6, 6.07) is -0.545. The molecule has 0 saturated heterocycles. The Bertz CT molecular complexity index is 604. The van der Waals surface area contributed by atoms with E-state index in [1.165, 1.54) is 13.3 Å². The summed E-state index contributed by atoms with van der Waals surface area (Å²) >= 11 is 3.21. The van der Waals surface area contributed by atoms with Gasteiger partial charge in [-0.2, -0.15) is 5.10 Å². The van der Waals surface area contributed by atoms with E-state index in [0.29, 0.717) is 12.1 Å². The Morgan fingerprint density at radius 2 is 2.29 bits per heavy atom. The van der Waals surface area contributed by atoms with Gasteiger partial charge in [-0.05, 0) is 28.3 Å². The highest BCUT2D eigenvalue weighted by Gasteiger charge is 2.22. The maximum atomic E-state index is 12.0. The number of rotatable bonds is 6. The summed E-state index contributed by atoms with van der Waals surface area (Å²) < 4.78 is 6.21. The summed E-state index contributed by atoms with van der Waals surface area (Å²) in [6.07, 6.45) is 7.20. The Labute approximate surface area is 132 Å². The summed E-state index contributed by atoms with van der Waals surface area (Å²) in [5, 5.41) is 6.95. The number of carbonyl (C=O) groups is 1. The summed E-state index contributed by atoms with van der Waals surface area (Å²) in [5.74, 6) is 2.25. The SMILES string of the molecule is C#CCn1ncc(NC(CC(C)C)C(=O)OC)c(Br)c1=O. The molecule has 0 saturated carbocycles. The first-order valence-electron chi connectivity index (χ1n) is 6.44. The van der Waals surface area contributed by atoms with Gasteiger partial charge in [0.25, 0.3) is 5.56 Å². The molecule has 1 aromatic rings. The van der Waals surface area contributed by atoms with Crippen LogP contribution in [0.3, 0.4) is 0 Å². The van der Waals surface area contributed by atoms with Gasteiger partial charge < -0.3 is 10.1 Å². The fourth-order valence-electron chi connectivity index (χ4n) is 1.78. The van der Waals surface area contributed by atoms with Crippen LogP contribution < -0.4 is 10.9 Å². The molecule has 1 rings (SSSR count). The van der Waals surface area contributed by atoms with Crippen LogP contribution in [0.15, 0.2) is 15.5 Å². The quantitative estimate of drug-likeness (QED) is 0.620. The second kappa shape index (κ2) is 7.84. The minimum absolute atomic E-state index is 0.0874. The lowest BCUT2D eigenvalue weighted by Gasteiger charge is -2.20. The van der Waals surface area contributed by atoms with E-state index < -0.39 is 6.04 Å². The standard InChI is InChI=1S/C14H18BrN3O3/c1-5-6-18-13(19)12(15)11(8-16-18)17-10(7-9(2)3)14(20)21-4/h1,8-10,17H,6-7H2,2-4H3. The third-order valence-electron chi connectivity index (χ3n) is 2.75. The lowest BCUT2D eigenvalue weighted by Crippen LogP contribution is -2.33. The molecule has 6 nitrogen and oxygen atoms in total. The second-order valence-electron chi connectivity index (χ2n) is 4.89. The molecule has 0 amide bonds. The molecule has 114 valence electrons. The molecule has 0 aromatic carbocycles. The topological polar surface area (TPSA) is 73.2 Å². The molecule has 0 fully saturated rings. The van der Waals surface area contributed by atoms with Gasteiger partial charge in [0.2, 0.25) is 0 Å². The maximum absolute atomic E-state index is 12.0. The fraction of sp³-hybridized carbons (Fsp3) is 0.500. The van der Waals surface area contributed by atoms with Crippen LogP contribution in [-0.4, -0.2) is 28.9 Å². The number of halogens is 1. The van der Waals surface area contributed by atoms with Gasteiger partial charge >= 0.3 is 5.97 Å². The number of nitrogens with one attached hydrogen (secondary N) is 1. The van der Waals surface area contributed by atoms with Crippen molar-refractivity contribution in [3.63, 3.8) is 0 Å². The third kappa shape index (κ3) is 4.60. The number of methoxy groups -OCH3 is 1. The summed E-state index contributed by atoms with van der Waals surface area (Å²) in [5.41, 5.74) is 0.0791. The first-order chi connectivity index (χ1) is 9.90. The highest BCUT2D eigenvalue weighted by molar-refractivity contribution is 9.10. The van der Waals surface area contributed by atoms with Gasteiger partial charge in [0, 0.05) is 0 Å². The molecule has 21 heavy (non-hydrogen) atoms. The minimum Gasteiger partial charge on any atom is -0.467 e. The van der Waals surface area contributed by atoms with Crippen LogP contribution in [0.1, 0.15) is 20.3 Å². The number of ether oxygens (including phenoxy) is 1. The molecular formula is C14H18BrN3O3. The number of hydrogen-bond donors (Lipinski definition) is 1. The summed E-state index contributed by atoms with van der Waals surface area (Å²) in [7, 11) is 1.33. The normalized spacial score (nSPS) is 11.8. The zero-order valence-electron chi connectivity index (χ0n) is 12.2. The number of aromatic nitrogens is 2. The Morgan fingerprint density at radius 1 is 1.62 bits per heavy atom. The van der Waals surface area contributed by atoms with E-state index in [2.05, 4.69) is 32.3 Å². The molecule has 1 atom stereocenters. The number of nitrogens with zero attached hydrogens (tertiary/aromatic N) is 2. The van der Waals surface area contributed by atoms with Crippen molar-refractivity contribution in [1.82, 2.24) is 9.78 Å². The van der Waals surface area contributed by atoms with Crippen LogP contribution in [-0.2, 0) is 16.1 Å². The molecular weight excluding hydrogens is 338 g/mol. The van der Waals surface area contributed by atoms with Crippen molar-refractivity contribution >= 4 is 27.6 Å². The third-order valence-corrected chi connectivity index (χ3v) is 3.51. The average Bonchev–Trinajstić information content (AvgIpc) is 2.44. The van der Waals surface area contributed by atoms with Gasteiger partial charge in [-0.25, -0.2) is 9.48 Å². The van der Waals surface area contributed by atoms with E-state index in [0.717, 1.165) is 4.68 Å². The molecule has 0 spiro atoms. The number of carbonyl (C=O) groups excluding carboxylic acids is 1. The smallest absolute Gasteiger partial charge is 0.328 e. The van der Waals surface area contributed by atoms with E-state index in [9.17, 15) is 9.59 Å². The predicted octanol–water partition coefficient (Wildman–Crippen LogP) is 1.64. The number of esters is 1. The lowest BCUT2D eigenvalue weighted by atomic mass is 10.0. The monoisotopic (exact) mass is 355 g/mol. The van der Waals surface area contributed by atoms with Crippen molar-refractivity contribution in [2.24, 2.45) is 5.92 Å². The fourth-order valence-corrected chi connectivity index (χ4v) is 2.20. The molecule has 1 heterocycles. The molecule has 1 unspecified atom stereocenters. The minimum atomic E-state index is -0.545. The maximum Gasteiger partial charge on any atom is 0.328 e. The van der Waals surface area contributed by atoms with Crippen molar-refractivity contribution < 1.29 is 9.53 Å². The van der Waals surface area contributed by atoms with Crippen molar-refractivity contribution in [3.05, 3.63) is 21.0 Å². The van der Waals surface area contributed by atoms with Gasteiger partial charge in [0.05, 0.1) is 19.0 Å². The largest absolute Gasteiger partial charge is 0.467 e. The lowest BCUT2D eigenvalue weighted by molar-refractivity contribution is -0.141. The van der Waals surface area contributed by atoms with Crippen LogP contribution in [0, 0.1) is 18.3 Å². The summed E-state index contributed by atoms with van der Waals surface area (Å²) in [6.45, 7) is 4.08. The van der Waals surface area contributed by atoms with Gasteiger partial charge in [-0.3, -0.25) is 4.79 Å². The van der Waals surface area contributed by atoms with Crippen LogP contribution in [0.4, 0.5) is 5.69 Å². The molecule has 0 aliphatic rings. The van der Waals surface area contributed by atoms with Gasteiger partial charge in [-0.15, -0.1) is 6.42 Å². The Balaban J connectivity index is 3.05. The van der Waals surface area contributed by atoms with E-state index in [-0.39, 0.29) is 28.5 Å². The van der Waals surface area contributed by atoms with Crippen molar-refractivity contribution in [1.29, 1.82) is 0 Å². The van der Waals surface area contributed by atoms with Crippen molar-refractivity contribution in [2.75, 3.05) is 12.4 Å². The van der Waals surface area contributed by atoms with E-state index in [1.807, 2.05) is 13.8 Å². The molecule has 0 radical (unpaired) electrons. The highest BCUT2D eigenvalue weighted by Crippen LogP contribution is 2.19. The van der Waals surface area contributed by atoms with E-state index in [1.54, 1.807) is 0 Å². The van der Waals surface area contributed by atoms with E-state index >= 15 is 0 Å². The van der Waals surface area contributed by atoms with Crippen LogP contribution in [0.2, 0.25) is 0 Å². The Morgan fingerprint density at radius 3 is 2.81 bits per heavy atom. The molecule has 0 aliphatic heterocycles. The van der Waals surface area contributed by atoms with Crippen molar-refractivity contribution in [3.8, 4) is 12.3 Å². The first kappa shape index (κ1) is 17.2. The Hall–Kier alpha value is -1.81. The van der Waals surface area contributed by atoms with Crippen LogP contribution in [0.5, 0.6) is 0 Å². The Kier molecular flexibility index (Phi) is 6.43. The first-order valence-corrected chi connectivity index (χ1v) is 7.23. The number of terminal acetylenes is 1. The van der Waals surface area contributed by atoms with Crippen LogP contribution >= 0.6 is 15.9 Å². The molecule has 0 bridgehead atoms. The second-order valence-corrected chi connectivity index (χ2v) is 5.68. The van der Waals surface area contributed by atoms with Crippen molar-refractivity contribution in [2.45, 2.75) is 32.9 Å². The average molecular weight is 356 g/mol. The number of anilines is 1. The van der Waals surface area contributed by atoms with Gasteiger partial charge in [0.15, 0.2) is 0 Å². The highest BCUT2D eigenvalue weighted by atomic mass is 79.9. The molecule has 1 N–H and O–H groups in total. The number of hydrogen-bond acceptors (Lipinski definition) is 5. The molecule has 0 aliphatic carbocycles. The van der Waals surface area contributed by atoms with Crippen LogP contribution in [0.25, 0.3) is 0 Å². The zero-order chi connectivity index (χ0) is 16.0. The summed E-state index contributed by atoms with van der Waals surface area (Å²) in [4.78, 5) is 23.8. The van der Waals surface area contributed by atoms with Gasteiger partial charge in [0.1, 0.15) is 17.1 Å². The molecule has 7 heteroatoms. The van der Waals surface area contributed by atoms with E-state index in [4.69, 9.17) is 11.2 Å².